The van der Waals surface area contributed by atoms with Crippen molar-refractivity contribution in [2.75, 3.05) is 6.61 Å². The summed E-state index contributed by atoms with van der Waals surface area (Å²) in [7, 11) is 0. The SMILES string of the molecule is CCOC(=O)C(C)=C(C)c1ccc(C(=O)OC(C)(C)C)cc1. The second-order valence-corrected chi connectivity index (χ2v) is 6.05. The zero-order valence-corrected chi connectivity index (χ0v) is 14.1. The van der Waals surface area contributed by atoms with Crippen LogP contribution in [0.25, 0.3) is 5.57 Å². The van der Waals surface area contributed by atoms with Gasteiger partial charge in [0.05, 0.1) is 12.2 Å². The summed E-state index contributed by atoms with van der Waals surface area (Å²) in [6.07, 6.45) is 0. The lowest BCUT2D eigenvalue weighted by molar-refractivity contribution is -0.138. The number of allylic oxidation sites excluding steroid dienone is 1. The molecule has 0 saturated carbocycles. The monoisotopic (exact) mass is 304 g/mol. The first kappa shape index (κ1) is 18.0. The minimum Gasteiger partial charge on any atom is -0.463 e. The van der Waals surface area contributed by atoms with Gasteiger partial charge in [-0.05, 0) is 64.8 Å². The van der Waals surface area contributed by atoms with E-state index in [-0.39, 0.29) is 11.9 Å². The minimum atomic E-state index is -0.522. The third-order valence-electron chi connectivity index (χ3n) is 3.10. The largest absolute Gasteiger partial charge is 0.463 e. The summed E-state index contributed by atoms with van der Waals surface area (Å²) in [6.45, 7) is 11.2. The summed E-state index contributed by atoms with van der Waals surface area (Å²) < 4.78 is 10.3. The highest BCUT2D eigenvalue weighted by Gasteiger charge is 2.18. The number of hydrogen-bond acceptors (Lipinski definition) is 4. The van der Waals surface area contributed by atoms with E-state index in [2.05, 4.69) is 0 Å². The molecule has 1 aromatic carbocycles. The van der Waals surface area contributed by atoms with Crippen LogP contribution < -0.4 is 0 Å². The number of benzene rings is 1. The van der Waals surface area contributed by atoms with Crippen LogP contribution >= 0.6 is 0 Å². The number of carbonyl (C=O) groups excluding carboxylic acids is 2. The molecule has 120 valence electrons. The molecule has 0 aliphatic heterocycles. The molecule has 0 aliphatic rings. The predicted octanol–water partition coefficient (Wildman–Crippen LogP) is 4.00. The van der Waals surface area contributed by atoms with Crippen LogP contribution in [0.2, 0.25) is 0 Å². The van der Waals surface area contributed by atoms with Crippen molar-refractivity contribution < 1.29 is 19.1 Å². The highest BCUT2D eigenvalue weighted by Crippen LogP contribution is 2.20. The Hall–Kier alpha value is -2.10. The molecule has 4 heteroatoms. The lowest BCUT2D eigenvalue weighted by atomic mass is 10.0. The molecule has 0 saturated heterocycles. The maximum absolute atomic E-state index is 12.0. The molecule has 0 bridgehead atoms. The van der Waals surface area contributed by atoms with Crippen LogP contribution in [-0.4, -0.2) is 24.1 Å². The Morgan fingerprint density at radius 3 is 1.95 bits per heavy atom. The third kappa shape index (κ3) is 5.02. The standard InChI is InChI=1S/C18H24O4/c1-7-21-16(19)13(3)12(2)14-8-10-15(11-9-14)17(20)22-18(4,5)6/h8-11H,7H2,1-6H3. The van der Waals surface area contributed by atoms with Gasteiger partial charge >= 0.3 is 11.9 Å². The van der Waals surface area contributed by atoms with E-state index in [1.165, 1.54) is 0 Å². The summed E-state index contributed by atoms with van der Waals surface area (Å²) in [5.74, 6) is -0.681. The van der Waals surface area contributed by atoms with Gasteiger partial charge in [0.1, 0.15) is 5.60 Å². The number of ether oxygens (including phenoxy) is 2. The molecule has 22 heavy (non-hydrogen) atoms. The lowest BCUT2D eigenvalue weighted by Gasteiger charge is -2.19. The topological polar surface area (TPSA) is 52.6 Å². The van der Waals surface area contributed by atoms with E-state index in [1.807, 2.05) is 27.7 Å². The van der Waals surface area contributed by atoms with Crippen molar-refractivity contribution in [2.24, 2.45) is 0 Å². The summed E-state index contributed by atoms with van der Waals surface area (Å²) in [4.78, 5) is 23.7. The van der Waals surface area contributed by atoms with Crippen LogP contribution in [0.3, 0.4) is 0 Å². The van der Waals surface area contributed by atoms with Gasteiger partial charge in [0, 0.05) is 5.57 Å². The molecule has 0 fully saturated rings. The first-order valence-electron chi connectivity index (χ1n) is 7.34. The van der Waals surface area contributed by atoms with Crippen LogP contribution in [0, 0.1) is 0 Å². The Labute approximate surface area is 132 Å². The average Bonchev–Trinajstić information content (AvgIpc) is 2.44. The first-order valence-corrected chi connectivity index (χ1v) is 7.34. The zero-order chi connectivity index (χ0) is 16.9. The Balaban J connectivity index is 2.95. The number of rotatable bonds is 4. The summed E-state index contributed by atoms with van der Waals surface area (Å²) in [6, 6.07) is 7.01. The van der Waals surface area contributed by atoms with E-state index < -0.39 is 5.60 Å². The van der Waals surface area contributed by atoms with Crippen LogP contribution in [-0.2, 0) is 14.3 Å². The smallest absolute Gasteiger partial charge is 0.338 e. The van der Waals surface area contributed by atoms with Gasteiger partial charge in [-0.3, -0.25) is 0 Å². The van der Waals surface area contributed by atoms with Crippen molar-refractivity contribution in [1.29, 1.82) is 0 Å². The van der Waals surface area contributed by atoms with Gasteiger partial charge in [0.15, 0.2) is 0 Å². The molecule has 0 amide bonds. The fourth-order valence-corrected chi connectivity index (χ4v) is 1.80. The highest BCUT2D eigenvalue weighted by molar-refractivity contribution is 5.97. The molecule has 0 heterocycles. The van der Waals surface area contributed by atoms with Gasteiger partial charge in [-0.1, -0.05) is 12.1 Å². The third-order valence-corrected chi connectivity index (χ3v) is 3.10. The van der Waals surface area contributed by atoms with Crippen molar-refractivity contribution in [1.82, 2.24) is 0 Å². The van der Waals surface area contributed by atoms with Gasteiger partial charge in [-0.25, -0.2) is 9.59 Å². The molecule has 0 unspecified atom stereocenters. The Bertz CT molecular complexity index is 574. The van der Waals surface area contributed by atoms with Gasteiger partial charge in [0.2, 0.25) is 0 Å². The van der Waals surface area contributed by atoms with E-state index in [9.17, 15) is 9.59 Å². The number of carbonyl (C=O) groups is 2. The predicted molar refractivity (Wildman–Crippen MR) is 86.5 cm³/mol. The summed E-state index contributed by atoms with van der Waals surface area (Å²) >= 11 is 0. The fourth-order valence-electron chi connectivity index (χ4n) is 1.80. The van der Waals surface area contributed by atoms with E-state index >= 15 is 0 Å². The maximum atomic E-state index is 12.0. The molecule has 1 rings (SSSR count). The van der Waals surface area contributed by atoms with Crippen LogP contribution in [0.1, 0.15) is 57.5 Å². The Kier molecular flexibility index (Phi) is 5.92. The summed E-state index contributed by atoms with van der Waals surface area (Å²) in [5, 5.41) is 0. The molecule has 0 aromatic heterocycles. The normalized spacial score (nSPS) is 12.5. The van der Waals surface area contributed by atoms with Crippen molar-refractivity contribution >= 4 is 17.5 Å². The first-order chi connectivity index (χ1) is 10.2. The molecular weight excluding hydrogens is 280 g/mol. The van der Waals surface area contributed by atoms with E-state index in [0.717, 1.165) is 11.1 Å². The molecule has 0 atom stereocenters. The van der Waals surface area contributed by atoms with Crippen LogP contribution in [0.15, 0.2) is 29.8 Å². The van der Waals surface area contributed by atoms with Crippen LogP contribution in [0.5, 0.6) is 0 Å². The van der Waals surface area contributed by atoms with Gasteiger partial charge in [0.25, 0.3) is 0 Å². The molecule has 0 radical (unpaired) electrons. The van der Waals surface area contributed by atoms with Crippen molar-refractivity contribution in [3.63, 3.8) is 0 Å². The van der Waals surface area contributed by atoms with Crippen LogP contribution in [0.4, 0.5) is 0 Å². The molecule has 0 N–H and O–H groups in total. The minimum absolute atomic E-state index is 0.323. The molecular formula is C18H24O4. The van der Waals surface area contributed by atoms with Gasteiger partial charge in [-0.2, -0.15) is 0 Å². The van der Waals surface area contributed by atoms with Crippen molar-refractivity contribution in [2.45, 2.75) is 47.1 Å². The quantitative estimate of drug-likeness (QED) is 0.623. The second kappa shape index (κ2) is 7.25. The zero-order valence-electron chi connectivity index (χ0n) is 14.1. The average molecular weight is 304 g/mol. The molecule has 4 nitrogen and oxygen atoms in total. The number of hydrogen-bond donors (Lipinski definition) is 0. The number of esters is 2. The maximum Gasteiger partial charge on any atom is 0.338 e. The fraction of sp³-hybridized carbons (Fsp3) is 0.444. The molecule has 1 aromatic rings. The van der Waals surface area contributed by atoms with Gasteiger partial charge in [-0.15, -0.1) is 0 Å². The molecule has 0 aliphatic carbocycles. The lowest BCUT2D eigenvalue weighted by Crippen LogP contribution is -2.23. The van der Waals surface area contributed by atoms with Crippen molar-refractivity contribution in [3.8, 4) is 0 Å². The van der Waals surface area contributed by atoms with Gasteiger partial charge < -0.3 is 9.47 Å². The van der Waals surface area contributed by atoms with E-state index in [4.69, 9.17) is 9.47 Å². The molecule has 0 spiro atoms. The summed E-state index contributed by atoms with van der Waals surface area (Å²) in [5.41, 5.74) is 2.23. The highest BCUT2D eigenvalue weighted by atomic mass is 16.6. The van der Waals surface area contributed by atoms with E-state index in [0.29, 0.717) is 17.7 Å². The Morgan fingerprint density at radius 2 is 1.50 bits per heavy atom. The van der Waals surface area contributed by atoms with Crippen molar-refractivity contribution in [3.05, 3.63) is 41.0 Å². The van der Waals surface area contributed by atoms with E-state index in [1.54, 1.807) is 38.1 Å². The second-order valence-electron chi connectivity index (χ2n) is 6.05. The Morgan fingerprint density at radius 1 is 1.00 bits per heavy atom.